The van der Waals surface area contributed by atoms with E-state index in [-0.39, 0.29) is 0 Å². The van der Waals surface area contributed by atoms with Gasteiger partial charge in [0.2, 0.25) is 5.52 Å². The van der Waals surface area contributed by atoms with Crippen LogP contribution in [0.25, 0.3) is 10.9 Å². The third-order valence-corrected chi connectivity index (χ3v) is 2.04. The van der Waals surface area contributed by atoms with E-state index in [0.29, 0.717) is 0 Å². The maximum atomic E-state index is 5.84. The Morgan fingerprint density at radius 1 is 1.17 bits per heavy atom. The van der Waals surface area contributed by atoms with Gasteiger partial charge in [-0.15, -0.1) is 0 Å². The number of hydrogen-bond acceptors (Lipinski definition) is 1. The number of pyridine rings is 1. The topological polar surface area (TPSA) is 29.9 Å². The summed E-state index contributed by atoms with van der Waals surface area (Å²) < 4.78 is 2.03. The van der Waals surface area contributed by atoms with E-state index < -0.39 is 0 Å². The number of benzene rings is 1. The standard InChI is InChI=1S/C10H11N2/c1-12-7-3-5-8-4-2-6-9(11)10(8)12/h2-7H,11H2,1H3/q+1. The minimum Gasteiger partial charge on any atom is -0.393 e. The number of aryl methyl sites for hydroxylation is 1. The molecule has 0 spiro atoms. The molecule has 0 bridgehead atoms. The summed E-state index contributed by atoms with van der Waals surface area (Å²) in [5.74, 6) is 0. The molecule has 0 atom stereocenters. The number of para-hydroxylation sites is 1. The molecule has 12 heavy (non-hydrogen) atoms. The van der Waals surface area contributed by atoms with Gasteiger partial charge in [-0.3, -0.25) is 0 Å². The molecule has 1 heterocycles. The van der Waals surface area contributed by atoms with Gasteiger partial charge in [0.15, 0.2) is 6.20 Å². The first-order valence-corrected chi connectivity index (χ1v) is 3.92. The van der Waals surface area contributed by atoms with Crippen LogP contribution < -0.4 is 10.3 Å². The molecule has 0 radical (unpaired) electrons. The Balaban J connectivity index is 2.96. The summed E-state index contributed by atoms with van der Waals surface area (Å²) in [7, 11) is 2.00. The molecule has 2 aromatic rings. The second-order valence-electron chi connectivity index (χ2n) is 2.90. The average Bonchev–Trinajstić information content (AvgIpc) is 2.04. The summed E-state index contributed by atoms with van der Waals surface area (Å²) in [6, 6.07) is 10.0. The van der Waals surface area contributed by atoms with E-state index in [1.165, 1.54) is 5.39 Å². The molecule has 2 rings (SSSR count). The van der Waals surface area contributed by atoms with Gasteiger partial charge in [-0.25, -0.2) is 0 Å². The van der Waals surface area contributed by atoms with E-state index in [4.69, 9.17) is 5.73 Å². The number of aromatic nitrogens is 1. The lowest BCUT2D eigenvalue weighted by Crippen LogP contribution is -2.28. The molecule has 2 heteroatoms. The Kier molecular flexibility index (Phi) is 1.47. The van der Waals surface area contributed by atoms with Crippen LogP contribution in [0.3, 0.4) is 0 Å². The van der Waals surface area contributed by atoms with Crippen LogP contribution >= 0.6 is 0 Å². The van der Waals surface area contributed by atoms with Gasteiger partial charge in [0.05, 0.1) is 0 Å². The summed E-state index contributed by atoms with van der Waals surface area (Å²) in [5.41, 5.74) is 7.76. The Bertz CT molecular complexity index is 384. The third-order valence-electron chi connectivity index (χ3n) is 2.04. The van der Waals surface area contributed by atoms with Crippen molar-refractivity contribution in [3.63, 3.8) is 0 Å². The maximum absolute atomic E-state index is 5.84. The van der Waals surface area contributed by atoms with Gasteiger partial charge in [-0.05, 0) is 18.2 Å². The number of nitrogens with zero attached hydrogens (tertiary/aromatic N) is 1. The summed E-state index contributed by atoms with van der Waals surface area (Å²) in [6.45, 7) is 0. The van der Waals surface area contributed by atoms with E-state index in [1.54, 1.807) is 0 Å². The molecule has 0 fully saturated rings. The Morgan fingerprint density at radius 3 is 2.67 bits per heavy atom. The number of hydrogen-bond donors (Lipinski definition) is 1. The van der Waals surface area contributed by atoms with Crippen LogP contribution in [-0.2, 0) is 7.05 Å². The first-order valence-electron chi connectivity index (χ1n) is 3.92. The predicted octanol–water partition coefficient (Wildman–Crippen LogP) is 1.25. The first kappa shape index (κ1) is 7.10. The van der Waals surface area contributed by atoms with Gasteiger partial charge in [-0.2, -0.15) is 4.57 Å². The zero-order chi connectivity index (χ0) is 8.55. The molecule has 2 N–H and O–H groups in total. The maximum Gasteiger partial charge on any atom is 0.235 e. The van der Waals surface area contributed by atoms with Gasteiger partial charge in [0, 0.05) is 11.5 Å². The van der Waals surface area contributed by atoms with Gasteiger partial charge >= 0.3 is 0 Å². The molecule has 1 aromatic carbocycles. The fourth-order valence-corrected chi connectivity index (χ4v) is 1.47. The SMILES string of the molecule is C[n+]1cccc2cccc(N)c21. The highest BCUT2D eigenvalue weighted by molar-refractivity contribution is 5.86. The normalized spacial score (nSPS) is 10.4. The monoisotopic (exact) mass is 159 g/mol. The van der Waals surface area contributed by atoms with Crippen LogP contribution in [0.5, 0.6) is 0 Å². The highest BCUT2D eigenvalue weighted by Crippen LogP contribution is 2.15. The lowest BCUT2D eigenvalue weighted by Gasteiger charge is -1.97. The first-order chi connectivity index (χ1) is 5.79. The lowest BCUT2D eigenvalue weighted by atomic mass is 10.2. The Hall–Kier alpha value is -1.57. The Labute approximate surface area is 71.2 Å². The van der Waals surface area contributed by atoms with E-state index in [1.807, 2.05) is 36.0 Å². The number of nitrogen functional groups attached to an aromatic ring is 1. The second kappa shape index (κ2) is 2.48. The number of fused-ring (bicyclic) bond motifs is 1. The van der Waals surface area contributed by atoms with Crippen LogP contribution in [-0.4, -0.2) is 0 Å². The molecule has 0 unspecified atom stereocenters. The lowest BCUT2D eigenvalue weighted by molar-refractivity contribution is -0.644. The summed E-state index contributed by atoms with van der Waals surface area (Å²) in [4.78, 5) is 0. The van der Waals surface area contributed by atoms with Crippen LogP contribution in [0.1, 0.15) is 0 Å². The van der Waals surface area contributed by atoms with Gasteiger partial charge in [0.25, 0.3) is 0 Å². The van der Waals surface area contributed by atoms with Crippen molar-refractivity contribution in [2.75, 3.05) is 5.73 Å². The van der Waals surface area contributed by atoms with Gasteiger partial charge in [-0.1, -0.05) is 6.07 Å². The van der Waals surface area contributed by atoms with Crippen molar-refractivity contribution >= 4 is 16.6 Å². The smallest absolute Gasteiger partial charge is 0.235 e. The van der Waals surface area contributed by atoms with E-state index in [9.17, 15) is 0 Å². The van der Waals surface area contributed by atoms with Crippen molar-refractivity contribution in [1.29, 1.82) is 0 Å². The van der Waals surface area contributed by atoms with Crippen molar-refractivity contribution in [2.24, 2.45) is 7.05 Å². The molecule has 0 aliphatic carbocycles. The molecule has 0 saturated carbocycles. The van der Waals surface area contributed by atoms with E-state index in [2.05, 4.69) is 12.1 Å². The molecule has 2 nitrogen and oxygen atoms in total. The highest BCUT2D eigenvalue weighted by atomic mass is 14.9. The molecule has 0 saturated heterocycles. The van der Waals surface area contributed by atoms with Crippen LogP contribution in [0.2, 0.25) is 0 Å². The molecule has 60 valence electrons. The fourth-order valence-electron chi connectivity index (χ4n) is 1.47. The third kappa shape index (κ3) is 0.925. The minimum absolute atomic E-state index is 0.829. The highest BCUT2D eigenvalue weighted by Gasteiger charge is 2.05. The van der Waals surface area contributed by atoms with Crippen LogP contribution in [0.4, 0.5) is 5.69 Å². The molecule has 1 aromatic heterocycles. The average molecular weight is 159 g/mol. The van der Waals surface area contributed by atoms with E-state index in [0.717, 1.165) is 11.2 Å². The largest absolute Gasteiger partial charge is 0.393 e. The number of nitrogens with two attached hydrogens (primary N) is 1. The molecular formula is C10H11N2+. The molecule has 0 amide bonds. The van der Waals surface area contributed by atoms with Gasteiger partial charge < -0.3 is 5.73 Å². The van der Waals surface area contributed by atoms with Crippen molar-refractivity contribution in [3.05, 3.63) is 36.5 Å². The summed E-state index contributed by atoms with van der Waals surface area (Å²) >= 11 is 0. The van der Waals surface area contributed by atoms with E-state index >= 15 is 0 Å². The molecule has 0 aliphatic heterocycles. The fraction of sp³-hybridized carbons (Fsp3) is 0.100. The molecule has 0 aliphatic rings. The minimum atomic E-state index is 0.829. The molecular weight excluding hydrogens is 148 g/mol. The predicted molar refractivity (Wildman–Crippen MR) is 49.5 cm³/mol. The van der Waals surface area contributed by atoms with Crippen molar-refractivity contribution < 1.29 is 4.57 Å². The Morgan fingerprint density at radius 2 is 1.92 bits per heavy atom. The summed E-state index contributed by atoms with van der Waals surface area (Å²) in [5, 5.41) is 1.18. The zero-order valence-electron chi connectivity index (χ0n) is 6.99. The van der Waals surface area contributed by atoms with Gasteiger partial charge in [0.1, 0.15) is 12.7 Å². The van der Waals surface area contributed by atoms with Crippen LogP contribution in [0, 0.1) is 0 Å². The van der Waals surface area contributed by atoms with Crippen molar-refractivity contribution in [3.8, 4) is 0 Å². The zero-order valence-corrected chi connectivity index (χ0v) is 6.99. The van der Waals surface area contributed by atoms with Crippen LogP contribution in [0.15, 0.2) is 36.5 Å². The summed E-state index contributed by atoms with van der Waals surface area (Å²) in [6.07, 6.45) is 2.00. The van der Waals surface area contributed by atoms with Crippen molar-refractivity contribution in [1.82, 2.24) is 0 Å². The second-order valence-corrected chi connectivity index (χ2v) is 2.90. The number of rotatable bonds is 0. The number of anilines is 1. The van der Waals surface area contributed by atoms with Crippen molar-refractivity contribution in [2.45, 2.75) is 0 Å². The quantitative estimate of drug-likeness (QED) is 0.455.